The fourth-order valence-electron chi connectivity index (χ4n) is 3.45. The normalized spacial score (nSPS) is 25.8. The Morgan fingerprint density at radius 2 is 1.64 bits per heavy atom. The average molecular weight is 489 g/mol. The van der Waals surface area contributed by atoms with Crippen molar-refractivity contribution in [1.82, 2.24) is 0 Å². The molecular weight excluding hydrogens is 460 g/mol. The fourth-order valence-corrected chi connectivity index (χ4v) is 4.14. The molecule has 0 bridgehead atoms. The molecule has 0 aliphatic carbocycles. The van der Waals surface area contributed by atoms with Gasteiger partial charge in [-0.25, -0.2) is 0 Å². The molecule has 12 heteroatoms. The number of carbonyl (C=O) groups is 3. The van der Waals surface area contributed by atoms with E-state index in [1.807, 2.05) is 6.07 Å². The van der Waals surface area contributed by atoms with Crippen LogP contribution in [0.2, 0.25) is 0 Å². The van der Waals surface area contributed by atoms with E-state index in [4.69, 9.17) is 27.9 Å². The molecule has 0 N–H and O–H groups in total. The summed E-state index contributed by atoms with van der Waals surface area (Å²) in [6, 6.07) is 8.95. The van der Waals surface area contributed by atoms with Crippen molar-refractivity contribution in [2.75, 3.05) is 12.9 Å². The maximum absolute atomic E-state index is 11.9. The first-order valence-electron chi connectivity index (χ1n) is 10.0. The van der Waals surface area contributed by atoms with Crippen LogP contribution in [0.25, 0.3) is 0 Å². The highest BCUT2D eigenvalue weighted by Crippen LogP contribution is 2.41. The number of esters is 3. The maximum atomic E-state index is 11.9. The van der Waals surface area contributed by atoms with Crippen molar-refractivity contribution in [3.05, 3.63) is 35.9 Å². The zero-order valence-corrected chi connectivity index (χ0v) is 19.8. The Kier molecular flexibility index (Phi) is 8.95. The van der Waals surface area contributed by atoms with Crippen LogP contribution in [0.5, 0.6) is 0 Å². The Balaban J connectivity index is 2.54. The molecule has 11 nitrogen and oxygen atoms in total. The van der Waals surface area contributed by atoms with E-state index in [0.29, 0.717) is 0 Å². The molecule has 5 atom stereocenters. The Bertz CT molecular complexity index is 946. The first-order valence-corrected chi connectivity index (χ1v) is 11.8. The van der Waals surface area contributed by atoms with E-state index >= 15 is 0 Å². The summed E-state index contributed by atoms with van der Waals surface area (Å²) < 4.78 is 56.6. The largest absolute Gasteiger partial charge is 0.463 e. The molecule has 184 valence electrons. The Morgan fingerprint density at radius 1 is 1.03 bits per heavy atom. The lowest BCUT2D eigenvalue weighted by atomic mass is 9.90. The van der Waals surface area contributed by atoms with Gasteiger partial charge < -0.3 is 23.7 Å². The molecule has 2 rings (SSSR count). The molecule has 0 radical (unpaired) electrons. The number of ether oxygens (including phenoxy) is 5. The third kappa shape index (κ3) is 7.49. The van der Waals surface area contributed by atoms with E-state index in [2.05, 4.69) is 0 Å². The monoisotopic (exact) mass is 488 g/mol. The molecule has 1 saturated heterocycles. The highest BCUT2D eigenvalue weighted by Gasteiger charge is 2.63. The molecule has 1 aromatic carbocycles. The molecule has 1 aliphatic rings. The third-order valence-electron chi connectivity index (χ3n) is 4.75. The summed E-state index contributed by atoms with van der Waals surface area (Å²) in [5, 5.41) is 0. The zero-order chi connectivity index (χ0) is 24.8. The van der Waals surface area contributed by atoms with Gasteiger partial charge in [0.25, 0.3) is 10.1 Å². The molecule has 0 spiro atoms. The minimum absolute atomic E-state index is 0.00710. The lowest BCUT2D eigenvalue weighted by Gasteiger charge is -2.37. The van der Waals surface area contributed by atoms with Gasteiger partial charge in [-0.15, -0.1) is 0 Å². The van der Waals surface area contributed by atoms with E-state index in [0.717, 1.165) is 32.6 Å². The predicted molar refractivity (Wildman–Crippen MR) is 112 cm³/mol. The second-order valence-corrected chi connectivity index (χ2v) is 9.17. The number of hydrogen-bond acceptors (Lipinski definition) is 11. The van der Waals surface area contributed by atoms with E-state index in [1.54, 1.807) is 24.3 Å². The summed E-state index contributed by atoms with van der Waals surface area (Å²) in [6.07, 6.45) is -4.50. The lowest BCUT2D eigenvalue weighted by Crippen LogP contribution is -2.57. The summed E-state index contributed by atoms with van der Waals surface area (Å²) >= 11 is 0. The number of benzene rings is 1. The van der Waals surface area contributed by atoms with Crippen molar-refractivity contribution in [2.45, 2.75) is 64.5 Å². The van der Waals surface area contributed by atoms with Crippen LogP contribution in [0, 0.1) is 0 Å². The van der Waals surface area contributed by atoms with Gasteiger partial charge in [0, 0.05) is 20.8 Å². The van der Waals surface area contributed by atoms with Gasteiger partial charge in [0.1, 0.15) is 18.8 Å². The average Bonchev–Trinajstić information content (AvgIpc) is 2.96. The minimum atomic E-state index is -4.00. The van der Waals surface area contributed by atoms with Crippen LogP contribution in [0.4, 0.5) is 0 Å². The van der Waals surface area contributed by atoms with Crippen LogP contribution in [0.15, 0.2) is 30.3 Å². The maximum Gasteiger partial charge on any atom is 0.305 e. The first kappa shape index (κ1) is 26.7. The lowest BCUT2D eigenvalue weighted by molar-refractivity contribution is -0.227. The van der Waals surface area contributed by atoms with E-state index in [-0.39, 0.29) is 6.61 Å². The van der Waals surface area contributed by atoms with Gasteiger partial charge in [-0.05, 0) is 12.5 Å². The predicted octanol–water partition coefficient (Wildman–Crippen LogP) is 1.09. The Hall–Kier alpha value is -2.54. The van der Waals surface area contributed by atoms with Crippen LogP contribution < -0.4 is 0 Å². The SMILES string of the molecule is CC(=O)OC[C@@]1([C@H](C)OS(C)(=O)=O)OC(OC(C)=O)[C@H](OC(C)=O)[C@@H]1OCc1ccccc1. The summed E-state index contributed by atoms with van der Waals surface area (Å²) in [4.78, 5) is 35.1. The summed E-state index contributed by atoms with van der Waals surface area (Å²) in [6.45, 7) is 4.24. The van der Waals surface area contributed by atoms with Crippen LogP contribution in [-0.4, -0.2) is 69.4 Å². The highest BCUT2D eigenvalue weighted by molar-refractivity contribution is 7.86. The van der Waals surface area contributed by atoms with Crippen molar-refractivity contribution in [3.8, 4) is 0 Å². The molecule has 33 heavy (non-hydrogen) atoms. The topological polar surface area (TPSA) is 141 Å². The van der Waals surface area contributed by atoms with Crippen LogP contribution in [-0.2, 0) is 59.0 Å². The number of carbonyl (C=O) groups excluding carboxylic acids is 3. The van der Waals surface area contributed by atoms with Gasteiger partial charge in [-0.3, -0.25) is 18.6 Å². The van der Waals surface area contributed by atoms with Crippen molar-refractivity contribution >= 4 is 28.0 Å². The van der Waals surface area contributed by atoms with Gasteiger partial charge in [0.2, 0.25) is 6.29 Å². The van der Waals surface area contributed by atoms with E-state index < -0.39 is 64.8 Å². The van der Waals surface area contributed by atoms with Gasteiger partial charge >= 0.3 is 17.9 Å². The highest BCUT2D eigenvalue weighted by atomic mass is 32.2. The van der Waals surface area contributed by atoms with Gasteiger partial charge in [-0.1, -0.05) is 30.3 Å². The number of hydrogen-bond donors (Lipinski definition) is 0. The van der Waals surface area contributed by atoms with Crippen LogP contribution >= 0.6 is 0 Å². The summed E-state index contributed by atoms with van der Waals surface area (Å²) in [7, 11) is -4.00. The van der Waals surface area contributed by atoms with Crippen molar-refractivity contribution in [1.29, 1.82) is 0 Å². The smallest absolute Gasteiger partial charge is 0.305 e. The van der Waals surface area contributed by atoms with Gasteiger partial charge in [0.15, 0.2) is 11.7 Å². The van der Waals surface area contributed by atoms with Gasteiger partial charge in [-0.2, -0.15) is 8.42 Å². The fraction of sp³-hybridized carbons (Fsp3) is 0.571. The molecule has 0 aromatic heterocycles. The molecule has 1 heterocycles. The first-order chi connectivity index (χ1) is 15.3. The Morgan fingerprint density at radius 3 is 2.15 bits per heavy atom. The number of rotatable bonds is 10. The van der Waals surface area contributed by atoms with Crippen molar-refractivity contribution < 1.29 is 50.7 Å². The molecular formula is C21H28O11S. The van der Waals surface area contributed by atoms with Crippen molar-refractivity contribution in [3.63, 3.8) is 0 Å². The molecule has 1 aromatic rings. The summed E-state index contributed by atoms with van der Waals surface area (Å²) in [5.74, 6) is -2.17. The van der Waals surface area contributed by atoms with Crippen LogP contribution in [0.3, 0.4) is 0 Å². The molecule has 1 fully saturated rings. The summed E-state index contributed by atoms with van der Waals surface area (Å²) in [5.41, 5.74) is -1.07. The van der Waals surface area contributed by atoms with E-state index in [9.17, 15) is 22.8 Å². The molecule has 0 amide bonds. The van der Waals surface area contributed by atoms with Crippen molar-refractivity contribution in [2.24, 2.45) is 0 Å². The standard InChI is InChI=1S/C21H28O11S/c1-13(32-33(5,25)26)21(12-28-14(2)22)19(27-11-17-9-7-6-8-10-17)18(29-15(3)23)20(31-21)30-16(4)24/h6-10,13,18-20H,11-12H2,1-5H3/t13-,18+,19-,20?,21-/m0/s1. The van der Waals surface area contributed by atoms with E-state index in [1.165, 1.54) is 6.92 Å². The second-order valence-electron chi connectivity index (χ2n) is 7.56. The quantitative estimate of drug-likeness (QED) is 0.265. The second kappa shape index (κ2) is 11.1. The zero-order valence-electron chi connectivity index (χ0n) is 19.0. The van der Waals surface area contributed by atoms with Crippen LogP contribution in [0.1, 0.15) is 33.3 Å². The minimum Gasteiger partial charge on any atom is -0.463 e. The molecule has 1 aliphatic heterocycles. The Labute approximate surface area is 192 Å². The molecule has 1 unspecified atom stereocenters. The third-order valence-corrected chi connectivity index (χ3v) is 5.39. The van der Waals surface area contributed by atoms with Gasteiger partial charge in [0.05, 0.1) is 12.9 Å². The molecule has 0 saturated carbocycles.